The van der Waals surface area contributed by atoms with E-state index in [4.69, 9.17) is 17.0 Å². The van der Waals surface area contributed by atoms with E-state index in [1.807, 2.05) is 121 Å². The topological polar surface area (TPSA) is 56.4 Å². The van der Waals surface area contributed by atoms with Gasteiger partial charge in [0.15, 0.2) is 0 Å². The zero-order chi connectivity index (χ0) is 62.1. The van der Waals surface area contributed by atoms with E-state index in [9.17, 15) is 0 Å². The first-order chi connectivity index (χ1) is 42.0. The normalized spacial score (nSPS) is 24.7. The number of hydrogen-bond donors (Lipinski definition) is 0. The van der Waals surface area contributed by atoms with Crippen molar-refractivity contribution >= 4 is 132 Å². The number of halogens is 6. The van der Waals surface area contributed by atoms with E-state index in [1.54, 1.807) is 0 Å². The van der Waals surface area contributed by atoms with Gasteiger partial charge >= 0.3 is 64.1 Å². The van der Waals surface area contributed by atoms with Gasteiger partial charge in [0.1, 0.15) is 0 Å². The fourth-order valence-electron chi connectivity index (χ4n) is 17.1. The van der Waals surface area contributed by atoms with Gasteiger partial charge in [-0.3, -0.25) is 0 Å². The molecule has 0 spiro atoms. The van der Waals surface area contributed by atoms with Crippen molar-refractivity contribution in [2.24, 2.45) is 35.5 Å². The largest absolute Gasteiger partial charge is 4.00 e. The second kappa shape index (κ2) is 39.2. The number of fused-ring (bicyclic) bond motifs is 4. The minimum Gasteiger partial charge on any atom is -0.684 e. The third-order valence-electron chi connectivity index (χ3n) is 20.0. The Labute approximate surface area is 619 Å². The maximum absolute atomic E-state index is 4.93. The molecule has 0 aromatic heterocycles. The summed E-state index contributed by atoms with van der Waals surface area (Å²) in [6.45, 7) is 24.0. The van der Waals surface area contributed by atoms with Gasteiger partial charge in [-0.25, -0.2) is 0 Å². The Morgan fingerprint density at radius 3 is 1.04 bits per heavy atom. The summed E-state index contributed by atoms with van der Waals surface area (Å²) in [5, 5.41) is 17.9. The van der Waals surface area contributed by atoms with Crippen molar-refractivity contribution < 1.29 is 47.1 Å². The number of alkyl halides is 2. The van der Waals surface area contributed by atoms with Crippen LogP contribution in [0.3, 0.4) is 0 Å². The second-order valence-electron chi connectivity index (χ2n) is 26.4. The van der Waals surface area contributed by atoms with Crippen molar-refractivity contribution in [3.05, 3.63) is 236 Å². The predicted molar refractivity (Wildman–Crippen MR) is 409 cm³/mol. The molecule has 0 radical (unpaired) electrons. The molecule has 12 rings (SSSR count). The molecule has 0 bridgehead atoms. The molecule has 6 aliphatic carbocycles. The van der Waals surface area contributed by atoms with E-state index in [-0.39, 0.29) is 41.1 Å². The average Bonchev–Trinajstić information content (AvgIpc) is 1.77. The van der Waals surface area contributed by atoms with E-state index in [1.165, 1.54) is 93.7 Å². The van der Waals surface area contributed by atoms with Gasteiger partial charge in [0.25, 0.3) is 0 Å². The molecule has 0 amide bonds. The van der Waals surface area contributed by atoms with Crippen LogP contribution in [0.5, 0.6) is 0 Å². The summed E-state index contributed by atoms with van der Waals surface area (Å²) in [5.74, 6) is 6.02. The number of rotatable bonds is 16. The molecule has 6 aliphatic rings. The standard InChI is InChI=1S/C22H38Br2Si.C22H22Br2Si.2C15H16N2.2CH3.2ClH.2Zr/c2*1-13-11-17-15(7-5-9-19(17)23)21(13)25(3,4)22-14(2)12-18-16(22)8-6-10-20(18)24;2*1-3-8-14(9-4-1)16-12-7-13-17-15-10-5-2-6-11-15;;;;;;/h13-22H,5-12H2,1-4H3;5-12,21-22H,1-4H3;2*1-6,8-11H,7,12-13H2;2*1H3;2*1H;;/q;;2*-2;2*-1;;;2*+4/p-2. The van der Waals surface area contributed by atoms with Crippen LogP contribution in [-0.2, 0) is 47.1 Å². The van der Waals surface area contributed by atoms with E-state index in [2.05, 4.69) is 187 Å². The Morgan fingerprint density at radius 1 is 0.444 bits per heavy atom. The Kier molecular flexibility index (Phi) is 34.6. The number of nitrogens with zero attached hydrogens (tertiary/aromatic N) is 4. The van der Waals surface area contributed by atoms with Crippen LogP contribution in [0, 0.1) is 50.4 Å². The third kappa shape index (κ3) is 20.9. The van der Waals surface area contributed by atoms with Gasteiger partial charge < -0.3 is 36.1 Å². The molecule has 12 atom stereocenters. The Bertz CT molecular complexity index is 2830. The molecule has 0 N–H and O–H groups in total. The fourth-order valence-corrected chi connectivity index (χ4v) is 31.6. The SMILES string of the molecule is CC1=Cc2c(Br)cccc2C1[Si](C)(C)C1C(C)=Cc2c(Br)cccc21.CC1CC2C(Br)CCCC2C1[Si](C)(C)C1C(C)CC2C(Br)CCCC21.[CH3-].[CH3-].[Cl][Zr+2][Cl].[Zr+4].c1ccc([N-]CCC[N-]c2ccccc2)cc1.c1ccc([N-]CCC[N-]c2ccccc2)cc1. The molecule has 12 unspecified atom stereocenters. The molecule has 4 fully saturated rings. The molecule has 6 aromatic carbocycles. The number of para-hydroxylation sites is 4. The van der Waals surface area contributed by atoms with Crippen LogP contribution in [-0.4, -0.2) is 52.0 Å². The number of hydrogen-bond acceptors (Lipinski definition) is 0. The molecular weight excluding hydrogens is 1600 g/mol. The van der Waals surface area contributed by atoms with Gasteiger partial charge in [-0.1, -0.05) is 311 Å². The minimum atomic E-state index is -1.69. The van der Waals surface area contributed by atoms with Crippen molar-refractivity contribution in [3.8, 4) is 0 Å². The molecule has 0 aliphatic heterocycles. The van der Waals surface area contributed by atoms with Crippen LogP contribution in [0.2, 0.25) is 37.3 Å². The summed E-state index contributed by atoms with van der Waals surface area (Å²) in [4.78, 5) is 1.64. The van der Waals surface area contributed by atoms with Gasteiger partial charge in [0, 0.05) is 29.7 Å². The second-order valence-corrected chi connectivity index (χ2v) is 44.0. The molecule has 0 saturated heterocycles. The van der Waals surface area contributed by atoms with Gasteiger partial charge in [-0.05, 0) is 121 Å². The van der Waals surface area contributed by atoms with Crippen LogP contribution in [0.25, 0.3) is 33.4 Å². The average molecular weight is 1700 g/mol. The van der Waals surface area contributed by atoms with Crippen molar-refractivity contribution in [1.82, 2.24) is 0 Å². The van der Waals surface area contributed by atoms with Crippen LogP contribution in [0.1, 0.15) is 125 Å². The Hall–Kier alpha value is -1.30. The molecule has 0 heterocycles. The van der Waals surface area contributed by atoms with Crippen LogP contribution >= 0.6 is 80.7 Å². The van der Waals surface area contributed by atoms with Crippen molar-refractivity contribution in [1.29, 1.82) is 0 Å². The summed E-state index contributed by atoms with van der Waals surface area (Å²) in [6, 6.07) is 53.6. The van der Waals surface area contributed by atoms with Gasteiger partial charge in [0.05, 0.1) is 16.1 Å². The summed E-state index contributed by atoms with van der Waals surface area (Å²) in [5.41, 5.74) is 16.3. The maximum Gasteiger partial charge on any atom is 4.00 e. The Morgan fingerprint density at radius 2 is 0.744 bits per heavy atom. The van der Waals surface area contributed by atoms with E-state index >= 15 is 0 Å². The predicted octanol–water partition coefficient (Wildman–Crippen LogP) is 27.4. The first kappa shape index (κ1) is 79.4. The summed E-state index contributed by atoms with van der Waals surface area (Å²) in [6.07, 6.45) is 18.7. The molecule has 90 heavy (non-hydrogen) atoms. The van der Waals surface area contributed by atoms with Crippen LogP contribution < -0.4 is 0 Å². The molecule has 4 nitrogen and oxygen atoms in total. The third-order valence-corrected chi connectivity index (χ3v) is 33.6. The molecule has 6 aromatic rings. The van der Waals surface area contributed by atoms with E-state index < -0.39 is 37.0 Å². The molecule has 14 heteroatoms. The first-order valence-electron chi connectivity index (χ1n) is 32.0. The smallest absolute Gasteiger partial charge is 0.684 e. The zero-order valence-electron chi connectivity index (χ0n) is 55.1. The van der Waals surface area contributed by atoms with E-state index in [0.29, 0.717) is 11.1 Å². The number of benzene rings is 6. The monoisotopic (exact) mass is 1690 g/mol. The quantitative estimate of drug-likeness (QED) is 0.0401. The summed E-state index contributed by atoms with van der Waals surface area (Å²) < 4.78 is 2.44. The van der Waals surface area contributed by atoms with Gasteiger partial charge in [-0.2, -0.15) is 0 Å². The van der Waals surface area contributed by atoms with Gasteiger partial charge in [-0.15, -0.1) is 48.9 Å². The minimum absolute atomic E-state index is 0. The first-order valence-corrected chi connectivity index (χ1v) is 48.1. The van der Waals surface area contributed by atoms with Crippen molar-refractivity contribution in [3.63, 3.8) is 0 Å². The van der Waals surface area contributed by atoms with E-state index in [0.717, 1.165) is 118 Å². The molecule has 4 saturated carbocycles. The molecule has 480 valence electrons. The molecular formula is C76H98Br4Cl2N4Si2Zr2. The Balaban J connectivity index is 0.000000216. The van der Waals surface area contributed by atoms with Crippen LogP contribution in [0.4, 0.5) is 22.7 Å². The fraction of sp³-hybridized carbons (Fsp3) is 0.447. The van der Waals surface area contributed by atoms with Gasteiger partial charge in [0.2, 0.25) is 0 Å². The zero-order valence-corrected chi connectivity index (χ0v) is 69.8. The summed E-state index contributed by atoms with van der Waals surface area (Å²) in [7, 11) is 6.90. The summed E-state index contributed by atoms with van der Waals surface area (Å²) >= 11 is 14.9. The van der Waals surface area contributed by atoms with Crippen molar-refractivity contribution in [2.75, 3.05) is 26.2 Å². The number of allylic oxidation sites excluding steroid dienone is 2. The van der Waals surface area contributed by atoms with Crippen molar-refractivity contribution in [2.45, 2.75) is 150 Å². The van der Waals surface area contributed by atoms with Crippen LogP contribution in [0.15, 0.2) is 178 Å². The maximum atomic E-state index is 4.93.